The van der Waals surface area contributed by atoms with Crippen molar-refractivity contribution < 1.29 is 4.79 Å². The van der Waals surface area contributed by atoms with Crippen LogP contribution in [0.2, 0.25) is 0 Å². The lowest BCUT2D eigenvalue weighted by molar-refractivity contribution is -0.120. The van der Waals surface area contributed by atoms with E-state index in [-0.39, 0.29) is 11.8 Å². The maximum atomic E-state index is 12.8. The third-order valence-electron chi connectivity index (χ3n) is 5.11. The molecule has 0 spiro atoms. The quantitative estimate of drug-likeness (QED) is 0.680. The maximum absolute atomic E-state index is 12.8. The molecule has 6 heteroatoms. The number of aryl methyl sites for hydroxylation is 1. The smallest absolute Gasteiger partial charge is 0.229 e. The van der Waals surface area contributed by atoms with Crippen molar-refractivity contribution in [2.75, 3.05) is 28.6 Å². The fourth-order valence-corrected chi connectivity index (χ4v) is 3.53. The summed E-state index contributed by atoms with van der Waals surface area (Å²) in [6.07, 6.45) is 1.85. The van der Waals surface area contributed by atoms with E-state index in [1.54, 1.807) is 0 Å². The van der Waals surface area contributed by atoms with E-state index in [0.29, 0.717) is 6.54 Å². The normalized spacial score (nSPS) is 16.3. The standard InChI is InChI=1S/C23H25N5O/c1-17-9-14-22(27-26-17)28-15-5-6-18(16-28)23(29)25-21-12-10-20(11-13-21)24-19-7-3-2-4-8-19/h2-4,7-14,18,24H,5-6,15-16H2,1H3,(H,25,29). The first-order valence-corrected chi connectivity index (χ1v) is 9.96. The van der Waals surface area contributed by atoms with Gasteiger partial charge in [-0.25, -0.2) is 0 Å². The zero-order chi connectivity index (χ0) is 20.1. The molecule has 0 bridgehead atoms. The van der Waals surface area contributed by atoms with Gasteiger partial charge in [0.25, 0.3) is 0 Å². The molecule has 1 aromatic heterocycles. The van der Waals surface area contributed by atoms with Crippen LogP contribution < -0.4 is 15.5 Å². The number of benzene rings is 2. The second-order valence-corrected chi connectivity index (χ2v) is 7.38. The van der Waals surface area contributed by atoms with Gasteiger partial charge in [0, 0.05) is 30.2 Å². The third-order valence-corrected chi connectivity index (χ3v) is 5.11. The predicted octanol–water partition coefficient (Wildman–Crippen LogP) is 4.38. The summed E-state index contributed by atoms with van der Waals surface area (Å²) < 4.78 is 0. The molecule has 0 aliphatic carbocycles. The van der Waals surface area contributed by atoms with E-state index in [0.717, 1.165) is 48.0 Å². The highest BCUT2D eigenvalue weighted by Crippen LogP contribution is 2.24. The Bertz CT molecular complexity index is 941. The molecule has 4 rings (SSSR count). The molecule has 0 radical (unpaired) electrons. The summed E-state index contributed by atoms with van der Waals surface area (Å²) in [5, 5.41) is 14.8. The monoisotopic (exact) mass is 387 g/mol. The second kappa shape index (κ2) is 8.73. The Morgan fingerprint density at radius 3 is 2.38 bits per heavy atom. The Morgan fingerprint density at radius 1 is 0.931 bits per heavy atom. The lowest BCUT2D eigenvalue weighted by Crippen LogP contribution is -2.41. The minimum Gasteiger partial charge on any atom is -0.356 e. The molecular weight excluding hydrogens is 362 g/mol. The van der Waals surface area contributed by atoms with E-state index in [9.17, 15) is 4.79 Å². The summed E-state index contributed by atoms with van der Waals surface area (Å²) in [5.74, 6) is 0.831. The summed E-state index contributed by atoms with van der Waals surface area (Å²) in [5.41, 5.74) is 3.72. The van der Waals surface area contributed by atoms with E-state index >= 15 is 0 Å². The molecule has 2 N–H and O–H groups in total. The minimum absolute atomic E-state index is 0.0542. The molecule has 29 heavy (non-hydrogen) atoms. The lowest BCUT2D eigenvalue weighted by Gasteiger charge is -2.32. The Hall–Kier alpha value is -3.41. The van der Waals surface area contributed by atoms with Crippen molar-refractivity contribution in [2.45, 2.75) is 19.8 Å². The maximum Gasteiger partial charge on any atom is 0.229 e. The van der Waals surface area contributed by atoms with Gasteiger partial charge in [-0.15, -0.1) is 5.10 Å². The number of carbonyl (C=O) groups excluding carboxylic acids is 1. The van der Waals surface area contributed by atoms with Gasteiger partial charge in [0.15, 0.2) is 5.82 Å². The van der Waals surface area contributed by atoms with Crippen molar-refractivity contribution in [1.82, 2.24) is 10.2 Å². The number of piperidine rings is 1. The van der Waals surface area contributed by atoms with Gasteiger partial charge in [-0.05, 0) is 68.3 Å². The van der Waals surface area contributed by atoms with Crippen LogP contribution in [0.3, 0.4) is 0 Å². The number of nitrogens with zero attached hydrogens (tertiary/aromatic N) is 3. The first-order chi connectivity index (χ1) is 14.2. The van der Waals surface area contributed by atoms with Crippen molar-refractivity contribution in [3.63, 3.8) is 0 Å². The van der Waals surface area contributed by atoms with Crippen LogP contribution in [0, 0.1) is 12.8 Å². The Labute approximate surface area is 171 Å². The van der Waals surface area contributed by atoms with Crippen molar-refractivity contribution in [3.05, 3.63) is 72.4 Å². The van der Waals surface area contributed by atoms with Gasteiger partial charge in [-0.3, -0.25) is 4.79 Å². The summed E-state index contributed by atoms with van der Waals surface area (Å²) >= 11 is 0. The first-order valence-electron chi connectivity index (χ1n) is 9.96. The molecule has 3 aromatic rings. The second-order valence-electron chi connectivity index (χ2n) is 7.38. The zero-order valence-corrected chi connectivity index (χ0v) is 16.5. The molecule has 1 amide bonds. The van der Waals surface area contributed by atoms with Crippen molar-refractivity contribution in [1.29, 1.82) is 0 Å². The number of hydrogen-bond donors (Lipinski definition) is 2. The Morgan fingerprint density at radius 2 is 1.66 bits per heavy atom. The molecule has 6 nitrogen and oxygen atoms in total. The van der Waals surface area contributed by atoms with Crippen molar-refractivity contribution in [2.24, 2.45) is 5.92 Å². The number of carbonyl (C=O) groups is 1. The number of anilines is 4. The Balaban J connectivity index is 1.35. The molecule has 1 fully saturated rings. The van der Waals surface area contributed by atoms with E-state index in [1.165, 1.54) is 0 Å². The lowest BCUT2D eigenvalue weighted by atomic mass is 9.97. The van der Waals surface area contributed by atoms with E-state index in [2.05, 4.69) is 25.7 Å². The van der Waals surface area contributed by atoms with Crippen LogP contribution in [0.1, 0.15) is 18.5 Å². The Kier molecular flexibility index (Phi) is 5.70. The minimum atomic E-state index is -0.0611. The molecule has 1 unspecified atom stereocenters. The molecule has 2 aromatic carbocycles. The summed E-state index contributed by atoms with van der Waals surface area (Å²) in [6.45, 7) is 3.49. The highest BCUT2D eigenvalue weighted by molar-refractivity contribution is 5.93. The van der Waals surface area contributed by atoms with Gasteiger partial charge in [0.1, 0.15) is 0 Å². The average Bonchev–Trinajstić information content (AvgIpc) is 2.76. The highest BCUT2D eigenvalue weighted by Gasteiger charge is 2.26. The number of rotatable bonds is 5. The predicted molar refractivity (Wildman–Crippen MR) is 117 cm³/mol. The number of hydrogen-bond acceptors (Lipinski definition) is 5. The molecule has 2 heterocycles. The van der Waals surface area contributed by atoms with E-state index in [4.69, 9.17) is 0 Å². The van der Waals surface area contributed by atoms with Gasteiger partial charge < -0.3 is 15.5 Å². The van der Waals surface area contributed by atoms with Crippen LogP contribution in [0.4, 0.5) is 22.9 Å². The fraction of sp³-hybridized carbons (Fsp3) is 0.261. The van der Waals surface area contributed by atoms with Crippen LogP contribution in [0.15, 0.2) is 66.7 Å². The van der Waals surface area contributed by atoms with Crippen LogP contribution in [0.25, 0.3) is 0 Å². The van der Waals surface area contributed by atoms with Crippen molar-refractivity contribution >= 4 is 28.8 Å². The number of nitrogens with one attached hydrogen (secondary N) is 2. The molecular formula is C23H25N5O. The summed E-state index contributed by atoms with van der Waals surface area (Å²) in [7, 11) is 0. The molecule has 1 saturated heterocycles. The number of para-hydroxylation sites is 1. The van der Waals surface area contributed by atoms with Crippen LogP contribution in [-0.2, 0) is 4.79 Å². The fourth-order valence-electron chi connectivity index (χ4n) is 3.53. The van der Waals surface area contributed by atoms with E-state index < -0.39 is 0 Å². The van der Waals surface area contributed by atoms with Crippen LogP contribution >= 0.6 is 0 Å². The van der Waals surface area contributed by atoms with Gasteiger partial charge in [0.2, 0.25) is 5.91 Å². The zero-order valence-electron chi connectivity index (χ0n) is 16.5. The SMILES string of the molecule is Cc1ccc(N2CCCC(C(=O)Nc3ccc(Nc4ccccc4)cc3)C2)nn1. The van der Waals surface area contributed by atoms with Gasteiger partial charge in [-0.1, -0.05) is 18.2 Å². The molecule has 1 aliphatic heterocycles. The summed E-state index contributed by atoms with van der Waals surface area (Å²) in [6, 6.07) is 21.7. The highest BCUT2D eigenvalue weighted by atomic mass is 16.1. The van der Waals surface area contributed by atoms with Gasteiger partial charge >= 0.3 is 0 Å². The van der Waals surface area contributed by atoms with Gasteiger partial charge in [-0.2, -0.15) is 5.10 Å². The largest absolute Gasteiger partial charge is 0.356 e. The van der Waals surface area contributed by atoms with Gasteiger partial charge in [0.05, 0.1) is 11.6 Å². The molecule has 1 aliphatic rings. The number of amides is 1. The topological polar surface area (TPSA) is 70.2 Å². The first kappa shape index (κ1) is 18.9. The molecule has 148 valence electrons. The van der Waals surface area contributed by atoms with Crippen LogP contribution in [0.5, 0.6) is 0 Å². The van der Waals surface area contributed by atoms with E-state index in [1.807, 2.05) is 73.7 Å². The van der Waals surface area contributed by atoms with Crippen LogP contribution in [-0.4, -0.2) is 29.2 Å². The molecule has 0 saturated carbocycles. The summed E-state index contributed by atoms with van der Waals surface area (Å²) in [4.78, 5) is 14.9. The molecule has 1 atom stereocenters. The average molecular weight is 387 g/mol. The third kappa shape index (κ3) is 4.90. The number of aromatic nitrogens is 2. The van der Waals surface area contributed by atoms with Crippen molar-refractivity contribution in [3.8, 4) is 0 Å².